The number of nitrogens with one attached hydrogen (secondary N) is 2. The van der Waals surface area contributed by atoms with Gasteiger partial charge in [-0.05, 0) is 44.2 Å². The molecule has 1 aliphatic carbocycles. The lowest BCUT2D eigenvalue weighted by Crippen LogP contribution is -2.32. The van der Waals surface area contributed by atoms with Gasteiger partial charge in [-0.1, -0.05) is 12.1 Å². The minimum atomic E-state index is 0.0126. The molecule has 1 amide bonds. The Labute approximate surface area is 139 Å². The van der Waals surface area contributed by atoms with Crippen molar-refractivity contribution in [3.8, 4) is 0 Å². The van der Waals surface area contributed by atoms with Gasteiger partial charge in [-0.15, -0.1) is 0 Å². The van der Waals surface area contributed by atoms with Crippen molar-refractivity contribution in [2.24, 2.45) is 0 Å². The molecule has 1 aliphatic heterocycles. The summed E-state index contributed by atoms with van der Waals surface area (Å²) >= 11 is 0. The SMILES string of the molecule is O=C(c1n[nH]c2c1CCC2)N1CCCC1c1nc2ccccc2[nH]1. The van der Waals surface area contributed by atoms with E-state index in [4.69, 9.17) is 4.98 Å². The number of para-hydroxylation sites is 2. The first kappa shape index (κ1) is 13.8. The number of aromatic amines is 2. The second-order valence-electron chi connectivity index (χ2n) is 6.68. The highest BCUT2D eigenvalue weighted by molar-refractivity contribution is 5.94. The first-order chi connectivity index (χ1) is 11.8. The minimum absolute atomic E-state index is 0.0126. The fraction of sp³-hybridized carbons (Fsp3) is 0.389. The van der Waals surface area contributed by atoms with Gasteiger partial charge in [0.05, 0.1) is 17.1 Å². The van der Waals surface area contributed by atoms with Crippen LogP contribution < -0.4 is 0 Å². The van der Waals surface area contributed by atoms with Crippen molar-refractivity contribution in [2.75, 3.05) is 6.54 Å². The number of H-pyrrole nitrogens is 2. The molecule has 1 aromatic carbocycles. The van der Waals surface area contributed by atoms with Crippen LogP contribution in [0.25, 0.3) is 11.0 Å². The normalized spacial score (nSPS) is 20.0. The monoisotopic (exact) mass is 321 g/mol. The molecule has 1 unspecified atom stereocenters. The number of aryl methyl sites for hydroxylation is 1. The highest BCUT2D eigenvalue weighted by Gasteiger charge is 2.35. The van der Waals surface area contributed by atoms with E-state index in [9.17, 15) is 4.79 Å². The molecule has 6 heteroatoms. The van der Waals surface area contributed by atoms with Crippen molar-refractivity contribution in [3.63, 3.8) is 0 Å². The number of nitrogens with zero attached hydrogens (tertiary/aromatic N) is 3. The summed E-state index contributed by atoms with van der Waals surface area (Å²) in [5.74, 6) is 0.923. The molecule has 0 bridgehead atoms. The van der Waals surface area contributed by atoms with E-state index >= 15 is 0 Å². The number of amides is 1. The number of benzene rings is 1. The third-order valence-corrected chi connectivity index (χ3v) is 5.25. The maximum absolute atomic E-state index is 13.1. The van der Waals surface area contributed by atoms with Crippen LogP contribution in [0.15, 0.2) is 24.3 Å². The van der Waals surface area contributed by atoms with Gasteiger partial charge in [0.2, 0.25) is 0 Å². The molecule has 2 aromatic heterocycles. The Hall–Kier alpha value is -2.63. The molecule has 24 heavy (non-hydrogen) atoms. The number of aromatic nitrogens is 4. The van der Waals surface area contributed by atoms with Crippen molar-refractivity contribution in [1.29, 1.82) is 0 Å². The number of carbonyl (C=O) groups excluding carboxylic acids is 1. The van der Waals surface area contributed by atoms with Crippen LogP contribution >= 0.6 is 0 Å². The summed E-state index contributed by atoms with van der Waals surface area (Å²) in [4.78, 5) is 23.1. The van der Waals surface area contributed by atoms with Crippen LogP contribution in [-0.2, 0) is 12.8 Å². The molecule has 122 valence electrons. The van der Waals surface area contributed by atoms with Crippen LogP contribution in [0, 0.1) is 0 Å². The maximum Gasteiger partial charge on any atom is 0.275 e. The minimum Gasteiger partial charge on any atom is -0.340 e. The molecule has 0 spiro atoms. The highest BCUT2D eigenvalue weighted by Crippen LogP contribution is 2.34. The number of hydrogen-bond donors (Lipinski definition) is 2. The van der Waals surface area contributed by atoms with Gasteiger partial charge in [0.25, 0.3) is 5.91 Å². The van der Waals surface area contributed by atoms with Crippen LogP contribution in [0.3, 0.4) is 0 Å². The van der Waals surface area contributed by atoms with Gasteiger partial charge in [0.15, 0.2) is 5.69 Å². The molecule has 0 saturated carbocycles. The summed E-state index contributed by atoms with van der Waals surface area (Å²) in [5, 5.41) is 7.35. The lowest BCUT2D eigenvalue weighted by Gasteiger charge is -2.22. The van der Waals surface area contributed by atoms with Crippen LogP contribution in [0.1, 0.15) is 52.9 Å². The molecular weight excluding hydrogens is 302 g/mol. The van der Waals surface area contributed by atoms with Gasteiger partial charge >= 0.3 is 0 Å². The van der Waals surface area contributed by atoms with E-state index in [0.29, 0.717) is 5.69 Å². The second kappa shape index (κ2) is 5.19. The quantitative estimate of drug-likeness (QED) is 0.762. The summed E-state index contributed by atoms with van der Waals surface area (Å²) in [5.41, 5.74) is 4.85. The largest absolute Gasteiger partial charge is 0.340 e. The van der Waals surface area contributed by atoms with Crippen LogP contribution in [0.2, 0.25) is 0 Å². The second-order valence-corrected chi connectivity index (χ2v) is 6.68. The average molecular weight is 321 g/mol. The zero-order chi connectivity index (χ0) is 16.1. The third-order valence-electron chi connectivity index (χ3n) is 5.25. The van der Waals surface area contributed by atoms with Gasteiger partial charge in [0.1, 0.15) is 5.82 Å². The van der Waals surface area contributed by atoms with E-state index in [1.807, 2.05) is 29.2 Å². The van der Waals surface area contributed by atoms with Gasteiger partial charge in [0, 0.05) is 17.8 Å². The Bertz CT molecular complexity index is 892. The third kappa shape index (κ3) is 1.99. The Morgan fingerprint density at radius 3 is 3.04 bits per heavy atom. The number of likely N-dealkylation sites (tertiary alicyclic amines) is 1. The van der Waals surface area contributed by atoms with Crippen molar-refractivity contribution in [1.82, 2.24) is 25.1 Å². The molecule has 2 aliphatic rings. The van der Waals surface area contributed by atoms with Gasteiger partial charge in [-0.2, -0.15) is 5.10 Å². The zero-order valence-corrected chi connectivity index (χ0v) is 13.4. The Balaban J connectivity index is 1.49. The molecule has 1 atom stereocenters. The summed E-state index contributed by atoms with van der Waals surface area (Å²) in [7, 11) is 0. The maximum atomic E-state index is 13.1. The van der Waals surface area contributed by atoms with Crippen molar-refractivity contribution in [2.45, 2.75) is 38.1 Å². The first-order valence-electron chi connectivity index (χ1n) is 8.63. The Morgan fingerprint density at radius 1 is 1.21 bits per heavy atom. The smallest absolute Gasteiger partial charge is 0.275 e. The summed E-state index contributed by atoms with van der Waals surface area (Å²) in [6.07, 6.45) is 5.01. The summed E-state index contributed by atoms with van der Waals surface area (Å²) < 4.78 is 0. The summed E-state index contributed by atoms with van der Waals surface area (Å²) in [6, 6.07) is 8.01. The molecule has 0 radical (unpaired) electrons. The van der Waals surface area contributed by atoms with E-state index in [0.717, 1.165) is 66.8 Å². The topological polar surface area (TPSA) is 77.7 Å². The van der Waals surface area contributed by atoms with Gasteiger partial charge < -0.3 is 9.88 Å². The lowest BCUT2D eigenvalue weighted by atomic mass is 10.1. The number of hydrogen-bond acceptors (Lipinski definition) is 3. The van der Waals surface area contributed by atoms with Crippen LogP contribution in [0.5, 0.6) is 0 Å². The lowest BCUT2D eigenvalue weighted by molar-refractivity contribution is 0.0723. The predicted molar refractivity (Wildman–Crippen MR) is 89.7 cm³/mol. The van der Waals surface area contributed by atoms with Crippen LogP contribution in [0.4, 0.5) is 0 Å². The molecule has 1 fully saturated rings. The van der Waals surface area contributed by atoms with Crippen LogP contribution in [-0.4, -0.2) is 37.5 Å². The molecule has 2 N–H and O–H groups in total. The number of rotatable bonds is 2. The fourth-order valence-corrected chi connectivity index (χ4v) is 4.06. The standard InChI is InChI=1S/C18H19N5O/c24-18(16-11-5-3-8-12(11)21-22-16)23-10-4-9-15(23)17-19-13-6-1-2-7-14(13)20-17/h1-2,6-7,15H,3-5,8-10H2,(H,19,20)(H,21,22). The van der Waals surface area contributed by atoms with E-state index in [1.54, 1.807) is 0 Å². The Kier molecular flexibility index (Phi) is 2.98. The molecular formula is C18H19N5O. The number of imidazole rings is 1. The van der Waals surface area contributed by atoms with E-state index < -0.39 is 0 Å². The zero-order valence-electron chi connectivity index (χ0n) is 13.4. The van der Waals surface area contributed by atoms with Crippen molar-refractivity contribution >= 4 is 16.9 Å². The van der Waals surface area contributed by atoms with Gasteiger partial charge in [-0.3, -0.25) is 9.89 Å². The Morgan fingerprint density at radius 2 is 2.12 bits per heavy atom. The summed E-state index contributed by atoms with van der Waals surface area (Å²) in [6.45, 7) is 0.766. The van der Waals surface area contributed by atoms with E-state index in [-0.39, 0.29) is 11.9 Å². The van der Waals surface area contributed by atoms with Gasteiger partial charge in [-0.25, -0.2) is 4.98 Å². The number of carbonyl (C=O) groups is 1. The molecule has 3 aromatic rings. The van der Waals surface area contributed by atoms with Crippen molar-refractivity contribution in [3.05, 3.63) is 47.0 Å². The number of fused-ring (bicyclic) bond motifs is 2. The van der Waals surface area contributed by atoms with E-state index in [1.165, 1.54) is 0 Å². The van der Waals surface area contributed by atoms with Crippen molar-refractivity contribution < 1.29 is 4.79 Å². The first-order valence-corrected chi connectivity index (χ1v) is 8.63. The molecule has 1 saturated heterocycles. The molecule has 6 nitrogen and oxygen atoms in total. The average Bonchev–Trinajstić information content (AvgIpc) is 3.34. The fourth-order valence-electron chi connectivity index (χ4n) is 4.06. The highest BCUT2D eigenvalue weighted by atomic mass is 16.2. The van der Waals surface area contributed by atoms with E-state index in [2.05, 4.69) is 15.2 Å². The predicted octanol–water partition coefficient (Wildman–Crippen LogP) is 2.75. The molecule has 3 heterocycles. The molecule has 5 rings (SSSR count).